The van der Waals surface area contributed by atoms with Crippen molar-refractivity contribution in [1.82, 2.24) is 10.2 Å². The molecule has 1 aromatic carbocycles. The van der Waals surface area contributed by atoms with Gasteiger partial charge in [0.15, 0.2) is 0 Å². The SMILES string of the molecule is C=C(c1cc(Br)ccc1NC(=O)C(C)NC(C)=O)N1CCCC(CC)C1. The molecule has 2 amide bonds. The van der Waals surface area contributed by atoms with Gasteiger partial charge in [-0.3, -0.25) is 9.59 Å². The van der Waals surface area contributed by atoms with Crippen molar-refractivity contribution in [3.8, 4) is 0 Å². The van der Waals surface area contributed by atoms with Crippen LogP contribution in [0.25, 0.3) is 5.70 Å². The summed E-state index contributed by atoms with van der Waals surface area (Å²) in [6, 6.07) is 5.14. The first-order valence-electron chi connectivity index (χ1n) is 9.13. The topological polar surface area (TPSA) is 61.4 Å². The Bertz CT molecular complexity index is 690. The van der Waals surface area contributed by atoms with Gasteiger partial charge in [0.1, 0.15) is 6.04 Å². The highest BCUT2D eigenvalue weighted by Crippen LogP contribution is 2.32. The van der Waals surface area contributed by atoms with E-state index < -0.39 is 6.04 Å². The van der Waals surface area contributed by atoms with E-state index in [2.05, 4.69) is 45.0 Å². The smallest absolute Gasteiger partial charge is 0.246 e. The van der Waals surface area contributed by atoms with E-state index in [-0.39, 0.29) is 11.8 Å². The molecule has 2 rings (SSSR count). The molecule has 1 saturated heterocycles. The lowest BCUT2D eigenvalue weighted by molar-refractivity contribution is -0.124. The fourth-order valence-corrected chi connectivity index (χ4v) is 3.65. The van der Waals surface area contributed by atoms with E-state index in [1.54, 1.807) is 6.92 Å². The number of benzene rings is 1. The molecule has 0 radical (unpaired) electrons. The zero-order valence-electron chi connectivity index (χ0n) is 15.8. The molecule has 5 nitrogen and oxygen atoms in total. The van der Waals surface area contributed by atoms with Crippen LogP contribution in [0.4, 0.5) is 5.69 Å². The van der Waals surface area contributed by atoms with E-state index in [4.69, 9.17) is 0 Å². The van der Waals surface area contributed by atoms with Crippen LogP contribution in [-0.2, 0) is 9.59 Å². The molecule has 1 heterocycles. The van der Waals surface area contributed by atoms with Gasteiger partial charge in [0.05, 0.1) is 5.69 Å². The molecule has 1 fully saturated rings. The summed E-state index contributed by atoms with van der Waals surface area (Å²) in [5.41, 5.74) is 2.53. The molecule has 0 bridgehead atoms. The molecule has 6 heteroatoms. The Kier molecular flexibility index (Phi) is 7.26. The lowest BCUT2D eigenvalue weighted by Crippen LogP contribution is -2.40. The molecular formula is C20H28BrN3O2. The molecule has 1 aromatic rings. The summed E-state index contributed by atoms with van der Waals surface area (Å²) >= 11 is 3.51. The zero-order chi connectivity index (χ0) is 19.3. The van der Waals surface area contributed by atoms with Crippen molar-refractivity contribution in [2.75, 3.05) is 18.4 Å². The maximum Gasteiger partial charge on any atom is 0.246 e. The Morgan fingerprint density at radius 1 is 1.42 bits per heavy atom. The number of rotatable bonds is 6. The van der Waals surface area contributed by atoms with Crippen LogP contribution in [0.5, 0.6) is 0 Å². The second-order valence-corrected chi connectivity index (χ2v) is 7.83. The highest BCUT2D eigenvalue weighted by Gasteiger charge is 2.23. The minimum absolute atomic E-state index is 0.230. The molecule has 142 valence electrons. The summed E-state index contributed by atoms with van der Waals surface area (Å²) in [5.74, 6) is 0.208. The van der Waals surface area contributed by atoms with Crippen molar-refractivity contribution in [3.05, 3.63) is 34.8 Å². The summed E-state index contributed by atoms with van der Waals surface area (Å²) < 4.78 is 0.936. The summed E-state index contributed by atoms with van der Waals surface area (Å²) in [6.07, 6.45) is 3.59. The third-order valence-corrected chi connectivity index (χ3v) is 5.33. The summed E-state index contributed by atoms with van der Waals surface area (Å²) in [4.78, 5) is 25.9. The first-order valence-corrected chi connectivity index (χ1v) is 9.92. The maximum absolute atomic E-state index is 12.4. The maximum atomic E-state index is 12.4. The number of carbonyl (C=O) groups is 2. The minimum Gasteiger partial charge on any atom is -0.371 e. The van der Waals surface area contributed by atoms with Crippen molar-refractivity contribution >= 4 is 39.1 Å². The molecule has 1 aliphatic heterocycles. The van der Waals surface area contributed by atoms with Gasteiger partial charge < -0.3 is 15.5 Å². The summed E-state index contributed by atoms with van der Waals surface area (Å²) in [5, 5.41) is 5.53. The number of hydrogen-bond acceptors (Lipinski definition) is 3. The van der Waals surface area contributed by atoms with Crippen LogP contribution in [-0.4, -0.2) is 35.8 Å². The molecular weight excluding hydrogens is 394 g/mol. The van der Waals surface area contributed by atoms with Crippen molar-refractivity contribution < 1.29 is 9.59 Å². The standard InChI is InChI=1S/C20H28BrN3O2/c1-5-16-7-6-10-24(12-16)14(3)18-11-17(21)8-9-19(18)23-20(26)13(2)22-15(4)25/h8-9,11,13,16H,3,5-7,10,12H2,1-2,4H3,(H,22,25)(H,23,26). The van der Waals surface area contributed by atoms with E-state index in [9.17, 15) is 9.59 Å². The molecule has 1 aliphatic rings. The molecule has 0 saturated carbocycles. The van der Waals surface area contributed by atoms with E-state index in [1.165, 1.54) is 19.8 Å². The fraction of sp³-hybridized carbons (Fsp3) is 0.500. The van der Waals surface area contributed by atoms with Gasteiger partial charge in [-0.15, -0.1) is 0 Å². The van der Waals surface area contributed by atoms with Crippen molar-refractivity contribution in [1.29, 1.82) is 0 Å². The molecule has 0 aromatic heterocycles. The van der Waals surface area contributed by atoms with E-state index in [0.29, 0.717) is 11.6 Å². The van der Waals surface area contributed by atoms with Gasteiger partial charge in [-0.05, 0) is 43.9 Å². The number of anilines is 1. The van der Waals surface area contributed by atoms with Gasteiger partial charge in [0, 0.05) is 35.7 Å². The van der Waals surface area contributed by atoms with Crippen LogP contribution < -0.4 is 10.6 Å². The van der Waals surface area contributed by atoms with Gasteiger partial charge >= 0.3 is 0 Å². The number of nitrogens with one attached hydrogen (secondary N) is 2. The minimum atomic E-state index is -0.600. The van der Waals surface area contributed by atoms with Crippen LogP contribution in [0.15, 0.2) is 29.3 Å². The van der Waals surface area contributed by atoms with Gasteiger partial charge in [0.25, 0.3) is 0 Å². The first kappa shape index (κ1) is 20.5. The predicted octanol–water partition coefficient (Wildman–Crippen LogP) is 4.00. The zero-order valence-corrected chi connectivity index (χ0v) is 17.4. The van der Waals surface area contributed by atoms with Gasteiger partial charge in [-0.2, -0.15) is 0 Å². The molecule has 0 spiro atoms. The second-order valence-electron chi connectivity index (χ2n) is 6.91. The monoisotopic (exact) mass is 421 g/mol. The largest absolute Gasteiger partial charge is 0.371 e. The van der Waals surface area contributed by atoms with Crippen molar-refractivity contribution in [2.24, 2.45) is 5.92 Å². The Hall–Kier alpha value is -1.82. The molecule has 0 aliphatic carbocycles. The fourth-order valence-electron chi connectivity index (χ4n) is 3.29. The Balaban J connectivity index is 2.20. The molecule has 2 atom stereocenters. The molecule has 2 unspecified atom stereocenters. The van der Waals surface area contributed by atoms with E-state index in [1.807, 2.05) is 18.2 Å². The quantitative estimate of drug-likeness (QED) is 0.729. The van der Waals surface area contributed by atoms with Crippen LogP contribution in [0.1, 0.15) is 45.6 Å². The third-order valence-electron chi connectivity index (χ3n) is 4.84. The number of carbonyl (C=O) groups excluding carboxylic acids is 2. The van der Waals surface area contributed by atoms with E-state index >= 15 is 0 Å². The van der Waals surface area contributed by atoms with Crippen molar-refractivity contribution in [3.63, 3.8) is 0 Å². The van der Waals surface area contributed by atoms with Gasteiger partial charge in [0.2, 0.25) is 11.8 Å². The van der Waals surface area contributed by atoms with Crippen LogP contribution in [0.2, 0.25) is 0 Å². The predicted molar refractivity (Wildman–Crippen MR) is 110 cm³/mol. The normalized spacial score (nSPS) is 18.2. The number of amides is 2. The van der Waals surface area contributed by atoms with Crippen molar-refractivity contribution in [2.45, 2.75) is 46.1 Å². The number of likely N-dealkylation sites (tertiary alicyclic amines) is 1. The summed E-state index contributed by atoms with van der Waals surface area (Å²) in [6.45, 7) is 11.6. The number of nitrogens with zero attached hydrogens (tertiary/aromatic N) is 1. The Morgan fingerprint density at radius 2 is 2.15 bits per heavy atom. The first-order chi connectivity index (χ1) is 12.3. The summed E-state index contributed by atoms with van der Waals surface area (Å²) in [7, 11) is 0. The average Bonchev–Trinajstić information content (AvgIpc) is 2.62. The number of hydrogen-bond donors (Lipinski definition) is 2. The highest BCUT2D eigenvalue weighted by molar-refractivity contribution is 9.10. The molecule has 26 heavy (non-hydrogen) atoms. The average molecular weight is 422 g/mol. The second kappa shape index (κ2) is 9.21. The van der Waals surface area contributed by atoms with E-state index in [0.717, 1.165) is 35.2 Å². The van der Waals surface area contributed by atoms with Gasteiger partial charge in [-0.25, -0.2) is 0 Å². The highest BCUT2D eigenvalue weighted by atomic mass is 79.9. The lowest BCUT2D eigenvalue weighted by Gasteiger charge is -2.36. The Morgan fingerprint density at radius 3 is 2.81 bits per heavy atom. The Labute approximate surface area is 164 Å². The van der Waals surface area contributed by atoms with Crippen LogP contribution in [0, 0.1) is 5.92 Å². The molecule has 2 N–H and O–H groups in total. The lowest BCUT2D eigenvalue weighted by atomic mass is 9.94. The van der Waals surface area contributed by atoms with Crippen LogP contribution in [0.3, 0.4) is 0 Å². The number of halogens is 1. The van der Waals surface area contributed by atoms with Gasteiger partial charge in [-0.1, -0.05) is 35.9 Å². The third kappa shape index (κ3) is 5.34. The number of piperidine rings is 1. The van der Waals surface area contributed by atoms with Crippen LogP contribution >= 0.6 is 15.9 Å².